The normalized spacial score (nSPS) is 26.0. The Morgan fingerprint density at radius 1 is 0.903 bits per heavy atom. The Morgan fingerprint density at radius 3 is 2.45 bits per heavy atom. The van der Waals surface area contributed by atoms with Crippen LogP contribution in [0.2, 0.25) is 0 Å². The first-order valence-corrected chi connectivity index (χ1v) is 13.4. The smallest absolute Gasteiger partial charge is 0.0896 e. The number of rotatable bonds is 14. The van der Waals surface area contributed by atoms with Crippen molar-refractivity contribution < 1.29 is 9.84 Å². The molecule has 0 aliphatic carbocycles. The van der Waals surface area contributed by atoms with Gasteiger partial charge in [-0.2, -0.15) is 0 Å². The van der Waals surface area contributed by atoms with E-state index in [0.717, 1.165) is 25.7 Å². The fourth-order valence-electron chi connectivity index (χ4n) is 5.63. The van der Waals surface area contributed by atoms with E-state index in [1.807, 2.05) is 0 Å². The van der Waals surface area contributed by atoms with Crippen LogP contribution in [0.3, 0.4) is 0 Å². The number of benzene rings is 1. The van der Waals surface area contributed by atoms with Gasteiger partial charge in [-0.25, -0.2) is 0 Å². The first kappa shape index (κ1) is 24.6. The van der Waals surface area contributed by atoms with Crippen LogP contribution in [0.15, 0.2) is 24.3 Å². The molecule has 0 aromatic heterocycles. The van der Waals surface area contributed by atoms with E-state index in [0.29, 0.717) is 18.1 Å². The number of nitrogens with one attached hydrogen (secondary N) is 1. The number of ether oxygens (including phenoxy) is 1. The second-order valence-corrected chi connectivity index (χ2v) is 10.0. The van der Waals surface area contributed by atoms with Crippen molar-refractivity contribution in [2.24, 2.45) is 5.92 Å². The number of hydrogen-bond donors (Lipinski definition) is 2. The molecule has 0 spiro atoms. The molecule has 3 heteroatoms. The minimum absolute atomic E-state index is 0.126. The summed E-state index contributed by atoms with van der Waals surface area (Å²) < 4.78 is 6.74. The molecule has 0 saturated carbocycles. The molecule has 2 aliphatic heterocycles. The highest BCUT2D eigenvalue weighted by Gasteiger charge is 2.41. The molecule has 1 fully saturated rings. The predicted molar refractivity (Wildman–Crippen MR) is 132 cm³/mol. The van der Waals surface area contributed by atoms with Gasteiger partial charge in [-0.3, -0.25) is 0 Å². The quantitative estimate of drug-likeness (QED) is 0.297. The molecule has 3 nitrogen and oxygen atoms in total. The molecule has 0 bridgehead atoms. The lowest BCUT2D eigenvalue weighted by molar-refractivity contribution is -0.0967. The van der Waals surface area contributed by atoms with Gasteiger partial charge in [0, 0.05) is 23.2 Å². The van der Waals surface area contributed by atoms with Crippen molar-refractivity contribution in [2.75, 3.05) is 5.32 Å². The standard InChI is InChI=1S/C28H47NO2/c1-3-5-7-9-14-22(30)15-13-19-27-25-21-20-23(16-10-8-6-4-2)31-28(25)24-17-11-12-18-26(24)29-27/h11-12,17-18,22-23,25,27-30H,3-10,13-16,19-21H2,1-2H3. The first-order chi connectivity index (χ1) is 15.2. The summed E-state index contributed by atoms with van der Waals surface area (Å²) in [5.41, 5.74) is 2.62. The van der Waals surface area contributed by atoms with Crippen molar-refractivity contribution >= 4 is 5.69 Å². The molecule has 0 radical (unpaired) electrons. The minimum Gasteiger partial charge on any atom is -0.393 e. The van der Waals surface area contributed by atoms with Crippen LogP contribution in [-0.2, 0) is 4.74 Å². The molecule has 1 saturated heterocycles. The van der Waals surface area contributed by atoms with Gasteiger partial charge in [0.15, 0.2) is 0 Å². The first-order valence-electron chi connectivity index (χ1n) is 13.4. The molecular weight excluding hydrogens is 382 g/mol. The topological polar surface area (TPSA) is 41.5 Å². The minimum atomic E-state index is -0.126. The maximum absolute atomic E-state index is 10.4. The van der Waals surface area contributed by atoms with Crippen LogP contribution >= 0.6 is 0 Å². The van der Waals surface area contributed by atoms with Crippen molar-refractivity contribution in [1.29, 1.82) is 0 Å². The van der Waals surface area contributed by atoms with Crippen molar-refractivity contribution in [1.82, 2.24) is 0 Å². The Morgan fingerprint density at radius 2 is 1.65 bits per heavy atom. The average molecular weight is 430 g/mol. The summed E-state index contributed by atoms with van der Waals surface area (Å²) >= 11 is 0. The molecule has 5 unspecified atom stereocenters. The maximum atomic E-state index is 10.4. The third-order valence-corrected chi connectivity index (χ3v) is 7.50. The molecule has 3 rings (SSSR count). The lowest BCUT2D eigenvalue weighted by Crippen LogP contribution is -2.43. The molecular formula is C28H47NO2. The number of aliphatic hydroxyl groups excluding tert-OH is 1. The van der Waals surface area contributed by atoms with Crippen LogP contribution in [0.25, 0.3) is 0 Å². The highest BCUT2D eigenvalue weighted by molar-refractivity contribution is 5.55. The van der Waals surface area contributed by atoms with Gasteiger partial charge in [-0.05, 0) is 51.0 Å². The number of anilines is 1. The van der Waals surface area contributed by atoms with E-state index in [1.54, 1.807) is 0 Å². The lowest BCUT2D eigenvalue weighted by Gasteiger charge is -2.45. The highest BCUT2D eigenvalue weighted by Crippen LogP contribution is 2.47. The third kappa shape index (κ3) is 7.49. The van der Waals surface area contributed by atoms with Crippen LogP contribution in [-0.4, -0.2) is 23.4 Å². The second kappa shape index (κ2) is 13.5. The molecule has 5 atom stereocenters. The van der Waals surface area contributed by atoms with Gasteiger partial charge in [0.1, 0.15) is 0 Å². The lowest BCUT2D eigenvalue weighted by atomic mass is 9.77. The monoisotopic (exact) mass is 429 g/mol. The van der Waals surface area contributed by atoms with E-state index >= 15 is 0 Å². The zero-order valence-corrected chi connectivity index (χ0v) is 20.2. The van der Waals surface area contributed by atoms with Crippen molar-refractivity contribution in [3.8, 4) is 0 Å². The van der Waals surface area contributed by atoms with E-state index < -0.39 is 0 Å². The second-order valence-electron chi connectivity index (χ2n) is 10.0. The van der Waals surface area contributed by atoms with Crippen molar-refractivity contribution in [3.63, 3.8) is 0 Å². The molecule has 1 aromatic rings. The van der Waals surface area contributed by atoms with Crippen molar-refractivity contribution in [2.45, 2.75) is 135 Å². The Labute approximate surface area is 191 Å². The Bertz CT molecular complexity index is 619. The van der Waals surface area contributed by atoms with Gasteiger partial charge in [-0.1, -0.05) is 83.4 Å². The Kier molecular flexibility index (Phi) is 10.7. The zero-order valence-electron chi connectivity index (χ0n) is 20.2. The summed E-state index contributed by atoms with van der Waals surface area (Å²) in [6.45, 7) is 4.52. The van der Waals surface area contributed by atoms with Crippen LogP contribution in [0.5, 0.6) is 0 Å². The SMILES string of the molecule is CCCCCCC(O)CCCC1Nc2ccccc2C2OC(CCCCCC)CCC12. The van der Waals surface area contributed by atoms with Crippen LogP contribution < -0.4 is 5.32 Å². The van der Waals surface area contributed by atoms with Crippen LogP contribution in [0, 0.1) is 5.92 Å². The number of hydrogen-bond acceptors (Lipinski definition) is 3. The van der Waals surface area contributed by atoms with Crippen LogP contribution in [0.4, 0.5) is 5.69 Å². The molecule has 31 heavy (non-hydrogen) atoms. The van der Waals surface area contributed by atoms with E-state index in [-0.39, 0.29) is 12.2 Å². The summed E-state index contributed by atoms with van der Waals surface area (Å²) in [5, 5.41) is 14.2. The highest BCUT2D eigenvalue weighted by atomic mass is 16.5. The maximum Gasteiger partial charge on any atom is 0.0896 e. The molecule has 176 valence electrons. The number of aliphatic hydroxyl groups is 1. The summed E-state index contributed by atoms with van der Waals surface area (Å²) in [7, 11) is 0. The largest absolute Gasteiger partial charge is 0.393 e. The molecule has 1 aromatic carbocycles. The Balaban J connectivity index is 1.51. The van der Waals surface area contributed by atoms with Crippen LogP contribution in [0.1, 0.15) is 122 Å². The Hall–Kier alpha value is -1.06. The average Bonchev–Trinajstić information content (AvgIpc) is 2.79. The zero-order chi connectivity index (χ0) is 21.9. The van der Waals surface area contributed by atoms with Gasteiger partial charge >= 0.3 is 0 Å². The number of para-hydroxylation sites is 1. The molecule has 2 N–H and O–H groups in total. The van der Waals surface area contributed by atoms with Gasteiger partial charge in [0.05, 0.1) is 18.3 Å². The van der Waals surface area contributed by atoms with Crippen molar-refractivity contribution in [3.05, 3.63) is 29.8 Å². The van der Waals surface area contributed by atoms with E-state index in [2.05, 4.69) is 43.4 Å². The third-order valence-electron chi connectivity index (χ3n) is 7.50. The molecule has 0 amide bonds. The number of unbranched alkanes of at least 4 members (excludes halogenated alkanes) is 6. The predicted octanol–water partition coefficient (Wildman–Crippen LogP) is 7.79. The molecule has 2 heterocycles. The number of fused-ring (bicyclic) bond motifs is 3. The van der Waals surface area contributed by atoms with E-state index in [4.69, 9.17) is 4.74 Å². The van der Waals surface area contributed by atoms with Gasteiger partial charge < -0.3 is 15.2 Å². The fraction of sp³-hybridized carbons (Fsp3) is 0.786. The fourth-order valence-corrected chi connectivity index (χ4v) is 5.63. The molecule has 2 aliphatic rings. The summed E-state index contributed by atoms with van der Waals surface area (Å²) in [5.74, 6) is 0.559. The van der Waals surface area contributed by atoms with E-state index in [1.165, 1.54) is 81.9 Å². The summed E-state index contributed by atoms with van der Waals surface area (Å²) in [4.78, 5) is 0. The summed E-state index contributed by atoms with van der Waals surface area (Å²) in [6, 6.07) is 9.23. The van der Waals surface area contributed by atoms with Gasteiger partial charge in [0.2, 0.25) is 0 Å². The summed E-state index contributed by atoms with van der Waals surface area (Å²) in [6.07, 6.45) is 18.6. The van der Waals surface area contributed by atoms with Gasteiger partial charge in [-0.15, -0.1) is 0 Å². The van der Waals surface area contributed by atoms with E-state index in [9.17, 15) is 5.11 Å². The van der Waals surface area contributed by atoms with Gasteiger partial charge in [0.25, 0.3) is 0 Å².